The van der Waals surface area contributed by atoms with Gasteiger partial charge in [-0.05, 0) is 24.6 Å². The number of fused-ring (bicyclic) bond motifs is 1. The molecule has 0 N–H and O–H groups in total. The third-order valence-corrected chi connectivity index (χ3v) is 1.66. The summed E-state index contributed by atoms with van der Waals surface area (Å²) in [5, 5.41) is 2.62. The molecule has 0 heterocycles. The van der Waals surface area contributed by atoms with Gasteiger partial charge in [-0.1, -0.05) is 56.0 Å². The predicted octanol–water partition coefficient (Wildman–Crippen LogP) is 4.07. The standard InChI is InChI=1S/C10H8.C3H6O.CH4/c1-2-6-10-8-4-3-7-9(10)5-1;1-3(2)4;/h1-8H;1-2H3;1H4. The molecule has 0 atom stereocenters. The number of hydrogen-bond acceptors (Lipinski definition) is 1. The van der Waals surface area contributed by atoms with E-state index in [0.29, 0.717) is 0 Å². The van der Waals surface area contributed by atoms with Crippen molar-refractivity contribution in [2.24, 2.45) is 0 Å². The average molecular weight is 202 g/mol. The number of benzene rings is 2. The van der Waals surface area contributed by atoms with E-state index < -0.39 is 0 Å². The molecule has 80 valence electrons. The van der Waals surface area contributed by atoms with Gasteiger partial charge in [0.05, 0.1) is 0 Å². The second kappa shape index (κ2) is 6.77. The third-order valence-electron chi connectivity index (χ3n) is 1.66. The van der Waals surface area contributed by atoms with Crippen molar-refractivity contribution in [1.82, 2.24) is 0 Å². The summed E-state index contributed by atoms with van der Waals surface area (Å²) in [5.74, 6) is 0.167. The van der Waals surface area contributed by atoms with E-state index in [2.05, 4.69) is 48.5 Å². The molecule has 0 radical (unpaired) electrons. The first kappa shape index (κ1) is 13.4. The van der Waals surface area contributed by atoms with Crippen molar-refractivity contribution in [1.29, 1.82) is 0 Å². The minimum atomic E-state index is 0. The van der Waals surface area contributed by atoms with E-state index in [1.54, 1.807) is 0 Å². The van der Waals surface area contributed by atoms with Crippen molar-refractivity contribution in [3.8, 4) is 0 Å². The maximum Gasteiger partial charge on any atom is 0.126 e. The van der Waals surface area contributed by atoms with Crippen LogP contribution in [0.5, 0.6) is 0 Å². The number of carbonyl (C=O) groups excluding carboxylic acids is 1. The Morgan fingerprint density at radius 2 is 1.00 bits per heavy atom. The van der Waals surface area contributed by atoms with Gasteiger partial charge in [0.2, 0.25) is 0 Å². The Balaban J connectivity index is 0.000000346. The first-order chi connectivity index (χ1) is 6.70. The zero-order valence-electron chi connectivity index (χ0n) is 8.53. The zero-order valence-corrected chi connectivity index (χ0v) is 8.53. The Hall–Kier alpha value is -1.63. The Labute approximate surface area is 91.7 Å². The summed E-state index contributed by atoms with van der Waals surface area (Å²) < 4.78 is 0. The second-order valence-electron chi connectivity index (χ2n) is 3.26. The van der Waals surface area contributed by atoms with Crippen molar-refractivity contribution in [2.75, 3.05) is 0 Å². The summed E-state index contributed by atoms with van der Waals surface area (Å²) in [4.78, 5) is 9.44. The van der Waals surface area contributed by atoms with Crippen LogP contribution in [0.4, 0.5) is 0 Å². The molecule has 0 aliphatic carbocycles. The predicted molar refractivity (Wildman–Crippen MR) is 67.0 cm³/mol. The van der Waals surface area contributed by atoms with Gasteiger partial charge in [0.15, 0.2) is 0 Å². The fourth-order valence-corrected chi connectivity index (χ4v) is 1.13. The van der Waals surface area contributed by atoms with Gasteiger partial charge in [0, 0.05) is 0 Å². The molecule has 0 bridgehead atoms. The Kier molecular flexibility index (Phi) is 6.03. The summed E-state index contributed by atoms with van der Waals surface area (Å²) >= 11 is 0. The van der Waals surface area contributed by atoms with Gasteiger partial charge >= 0.3 is 0 Å². The lowest BCUT2D eigenvalue weighted by Crippen LogP contribution is -1.69. The highest BCUT2D eigenvalue weighted by atomic mass is 16.1. The molecule has 0 spiro atoms. The molecule has 1 nitrogen and oxygen atoms in total. The number of carbonyl (C=O) groups is 1. The molecule has 0 unspecified atom stereocenters. The summed E-state index contributed by atoms with van der Waals surface area (Å²) in [6.07, 6.45) is 0. The van der Waals surface area contributed by atoms with Gasteiger partial charge in [-0.15, -0.1) is 0 Å². The molecule has 0 amide bonds. The highest BCUT2D eigenvalue weighted by Crippen LogP contribution is 2.11. The molecule has 2 rings (SSSR count). The van der Waals surface area contributed by atoms with E-state index in [1.165, 1.54) is 24.6 Å². The molecule has 0 aliphatic heterocycles. The summed E-state index contributed by atoms with van der Waals surface area (Å²) in [7, 11) is 0. The second-order valence-corrected chi connectivity index (χ2v) is 3.26. The highest BCUT2D eigenvalue weighted by Gasteiger charge is 1.85. The summed E-state index contributed by atoms with van der Waals surface area (Å²) in [6, 6.07) is 16.7. The van der Waals surface area contributed by atoms with Crippen molar-refractivity contribution >= 4 is 16.6 Å². The van der Waals surface area contributed by atoms with Crippen molar-refractivity contribution in [3.05, 3.63) is 48.5 Å². The minimum absolute atomic E-state index is 0. The van der Waals surface area contributed by atoms with E-state index in [9.17, 15) is 4.79 Å². The maximum atomic E-state index is 9.44. The lowest BCUT2D eigenvalue weighted by Gasteiger charge is -1.92. The molecule has 15 heavy (non-hydrogen) atoms. The van der Waals surface area contributed by atoms with Gasteiger partial charge in [-0.3, -0.25) is 0 Å². The average Bonchev–Trinajstić information content (AvgIpc) is 2.17. The molecule has 2 aromatic carbocycles. The number of rotatable bonds is 0. The monoisotopic (exact) mass is 202 g/mol. The van der Waals surface area contributed by atoms with Crippen molar-refractivity contribution in [3.63, 3.8) is 0 Å². The molecular weight excluding hydrogens is 184 g/mol. The fraction of sp³-hybridized carbons (Fsp3) is 0.214. The number of hydrogen-bond donors (Lipinski definition) is 0. The van der Waals surface area contributed by atoms with Crippen molar-refractivity contribution < 1.29 is 4.79 Å². The Bertz CT molecular complexity index is 349. The fourth-order valence-electron chi connectivity index (χ4n) is 1.13. The first-order valence-corrected chi connectivity index (χ1v) is 4.61. The van der Waals surface area contributed by atoms with Crippen LogP contribution in [-0.2, 0) is 4.79 Å². The van der Waals surface area contributed by atoms with Crippen LogP contribution in [0.25, 0.3) is 10.8 Å². The van der Waals surface area contributed by atoms with Crippen LogP contribution in [0, 0.1) is 0 Å². The lowest BCUT2D eigenvalue weighted by molar-refractivity contribution is -0.114. The van der Waals surface area contributed by atoms with Crippen LogP contribution >= 0.6 is 0 Å². The van der Waals surface area contributed by atoms with Gasteiger partial charge in [0.1, 0.15) is 5.78 Å². The van der Waals surface area contributed by atoms with Crippen LogP contribution in [-0.4, -0.2) is 5.78 Å². The lowest BCUT2D eigenvalue weighted by atomic mass is 10.1. The van der Waals surface area contributed by atoms with Crippen LogP contribution < -0.4 is 0 Å². The minimum Gasteiger partial charge on any atom is -0.300 e. The molecule has 0 fully saturated rings. The quantitative estimate of drug-likeness (QED) is 0.629. The van der Waals surface area contributed by atoms with Gasteiger partial charge in [-0.2, -0.15) is 0 Å². The molecule has 0 saturated heterocycles. The highest BCUT2D eigenvalue weighted by molar-refractivity contribution is 5.82. The third kappa shape index (κ3) is 4.96. The SMILES string of the molecule is C.CC(C)=O.c1ccc2ccccc2c1. The molecule has 0 saturated carbocycles. The molecule has 0 aliphatic rings. The Morgan fingerprint density at radius 1 is 0.800 bits per heavy atom. The molecule has 1 heteroatoms. The maximum absolute atomic E-state index is 9.44. The van der Waals surface area contributed by atoms with Crippen LogP contribution in [0.2, 0.25) is 0 Å². The molecule has 0 aromatic heterocycles. The largest absolute Gasteiger partial charge is 0.300 e. The summed E-state index contributed by atoms with van der Waals surface area (Å²) in [6.45, 7) is 3.06. The Morgan fingerprint density at radius 3 is 1.20 bits per heavy atom. The summed E-state index contributed by atoms with van der Waals surface area (Å²) in [5.41, 5.74) is 0. The van der Waals surface area contributed by atoms with Crippen LogP contribution in [0.15, 0.2) is 48.5 Å². The van der Waals surface area contributed by atoms with E-state index in [0.717, 1.165) is 0 Å². The topological polar surface area (TPSA) is 17.1 Å². The van der Waals surface area contributed by atoms with Gasteiger partial charge in [0.25, 0.3) is 0 Å². The van der Waals surface area contributed by atoms with E-state index in [-0.39, 0.29) is 13.2 Å². The first-order valence-electron chi connectivity index (χ1n) is 4.61. The number of ketones is 1. The van der Waals surface area contributed by atoms with Crippen LogP contribution in [0.1, 0.15) is 21.3 Å². The molecular formula is C14H18O. The van der Waals surface area contributed by atoms with E-state index in [4.69, 9.17) is 0 Å². The number of Topliss-reactive ketones (excluding diaryl/α,β-unsaturated/α-hetero) is 1. The van der Waals surface area contributed by atoms with E-state index >= 15 is 0 Å². The van der Waals surface area contributed by atoms with Gasteiger partial charge < -0.3 is 4.79 Å². The normalized spacial score (nSPS) is 8.40. The van der Waals surface area contributed by atoms with Gasteiger partial charge in [-0.25, -0.2) is 0 Å². The van der Waals surface area contributed by atoms with Crippen LogP contribution in [0.3, 0.4) is 0 Å². The van der Waals surface area contributed by atoms with Crippen molar-refractivity contribution in [2.45, 2.75) is 21.3 Å². The van der Waals surface area contributed by atoms with E-state index in [1.807, 2.05) is 0 Å². The zero-order chi connectivity index (χ0) is 10.4. The molecule has 2 aromatic rings. The smallest absolute Gasteiger partial charge is 0.126 e.